The molecule has 1 N–H and O–H groups in total. The fourth-order valence-electron chi connectivity index (χ4n) is 2.66. The summed E-state index contributed by atoms with van der Waals surface area (Å²) in [4.78, 5) is 21.1. The van der Waals surface area contributed by atoms with Crippen LogP contribution in [0.25, 0.3) is 10.2 Å². The molecule has 2 heterocycles. The van der Waals surface area contributed by atoms with E-state index in [9.17, 15) is 4.79 Å². The van der Waals surface area contributed by atoms with Crippen LogP contribution >= 0.6 is 11.3 Å². The number of aryl methyl sites for hydroxylation is 1. The molecular formula is C13H16N2OS. The number of hydrogen-bond donors (Lipinski definition) is 1. The van der Waals surface area contributed by atoms with E-state index in [1.807, 2.05) is 0 Å². The molecule has 0 amide bonds. The van der Waals surface area contributed by atoms with E-state index < -0.39 is 0 Å². The fraction of sp³-hybridized carbons (Fsp3) is 0.538. The fourth-order valence-corrected chi connectivity index (χ4v) is 4.06. The standard InChI is InChI=1S/C13H16N2OS/c1-3-13(2)5-4-8-9(6-13)17-12-10(8)11(16)14-7-15-12/h7H,3-6H2,1-2H3,(H,14,15,16)/t13-/m1/s1. The maximum atomic E-state index is 11.9. The molecule has 3 rings (SSSR count). The summed E-state index contributed by atoms with van der Waals surface area (Å²) in [6, 6.07) is 0. The molecule has 0 fully saturated rings. The van der Waals surface area contributed by atoms with Gasteiger partial charge in [-0.15, -0.1) is 11.3 Å². The number of aromatic nitrogens is 2. The van der Waals surface area contributed by atoms with Gasteiger partial charge in [-0.3, -0.25) is 4.79 Å². The molecule has 0 saturated carbocycles. The van der Waals surface area contributed by atoms with Gasteiger partial charge in [-0.05, 0) is 30.2 Å². The highest BCUT2D eigenvalue weighted by atomic mass is 32.1. The normalized spacial score (nSPS) is 23.9. The molecular weight excluding hydrogens is 232 g/mol. The predicted molar refractivity (Wildman–Crippen MR) is 70.7 cm³/mol. The Hall–Kier alpha value is -1.16. The van der Waals surface area contributed by atoms with Gasteiger partial charge in [0.2, 0.25) is 0 Å². The first-order valence-electron chi connectivity index (χ1n) is 6.11. The molecule has 2 aromatic heterocycles. The number of fused-ring (bicyclic) bond motifs is 3. The van der Waals surface area contributed by atoms with E-state index in [4.69, 9.17) is 0 Å². The number of H-pyrrole nitrogens is 1. The van der Waals surface area contributed by atoms with Gasteiger partial charge in [0.25, 0.3) is 5.56 Å². The van der Waals surface area contributed by atoms with E-state index >= 15 is 0 Å². The molecule has 1 aliphatic carbocycles. The van der Waals surface area contributed by atoms with Crippen molar-refractivity contribution in [3.05, 3.63) is 27.1 Å². The Labute approximate surface area is 104 Å². The van der Waals surface area contributed by atoms with Gasteiger partial charge in [-0.1, -0.05) is 20.3 Å². The van der Waals surface area contributed by atoms with Gasteiger partial charge in [0, 0.05) is 4.88 Å². The lowest BCUT2D eigenvalue weighted by Gasteiger charge is -2.32. The Kier molecular flexibility index (Phi) is 2.36. The Bertz CT molecular complexity index is 628. The maximum absolute atomic E-state index is 11.9. The van der Waals surface area contributed by atoms with E-state index in [-0.39, 0.29) is 5.56 Å². The van der Waals surface area contributed by atoms with E-state index in [1.165, 1.54) is 29.6 Å². The molecule has 17 heavy (non-hydrogen) atoms. The van der Waals surface area contributed by atoms with E-state index in [2.05, 4.69) is 23.8 Å². The van der Waals surface area contributed by atoms with Crippen molar-refractivity contribution in [3.8, 4) is 0 Å². The molecule has 90 valence electrons. The van der Waals surface area contributed by atoms with Gasteiger partial charge < -0.3 is 4.98 Å². The summed E-state index contributed by atoms with van der Waals surface area (Å²) < 4.78 is 0. The summed E-state index contributed by atoms with van der Waals surface area (Å²) in [7, 11) is 0. The number of aromatic amines is 1. The zero-order chi connectivity index (χ0) is 12.0. The number of nitrogens with one attached hydrogen (secondary N) is 1. The zero-order valence-corrected chi connectivity index (χ0v) is 11.0. The summed E-state index contributed by atoms with van der Waals surface area (Å²) in [5.74, 6) is 0. The molecule has 0 aliphatic heterocycles. The molecule has 1 atom stereocenters. The average molecular weight is 248 g/mol. The third kappa shape index (κ3) is 1.62. The third-order valence-corrected chi connectivity index (χ3v) is 5.24. The molecule has 0 aromatic carbocycles. The largest absolute Gasteiger partial charge is 0.313 e. The van der Waals surface area contributed by atoms with Crippen molar-refractivity contribution in [2.45, 2.75) is 39.5 Å². The monoisotopic (exact) mass is 248 g/mol. The van der Waals surface area contributed by atoms with Gasteiger partial charge in [0.15, 0.2) is 0 Å². The Balaban J connectivity index is 2.21. The lowest BCUT2D eigenvalue weighted by molar-refractivity contribution is 0.271. The molecule has 0 saturated heterocycles. The zero-order valence-electron chi connectivity index (χ0n) is 10.2. The predicted octanol–water partition coefficient (Wildman–Crippen LogP) is 2.89. The maximum Gasteiger partial charge on any atom is 0.259 e. The van der Waals surface area contributed by atoms with Gasteiger partial charge >= 0.3 is 0 Å². The molecule has 0 bridgehead atoms. The van der Waals surface area contributed by atoms with Crippen LogP contribution in [0.5, 0.6) is 0 Å². The minimum absolute atomic E-state index is 0.0209. The lowest BCUT2D eigenvalue weighted by Crippen LogP contribution is -2.24. The summed E-state index contributed by atoms with van der Waals surface area (Å²) >= 11 is 1.70. The quantitative estimate of drug-likeness (QED) is 0.843. The average Bonchev–Trinajstić information content (AvgIpc) is 2.67. The summed E-state index contributed by atoms with van der Waals surface area (Å²) in [5.41, 5.74) is 1.68. The number of nitrogens with zero attached hydrogens (tertiary/aromatic N) is 1. The topological polar surface area (TPSA) is 45.8 Å². The van der Waals surface area contributed by atoms with Crippen molar-refractivity contribution in [1.29, 1.82) is 0 Å². The molecule has 0 radical (unpaired) electrons. The van der Waals surface area contributed by atoms with Crippen LogP contribution in [0.4, 0.5) is 0 Å². The summed E-state index contributed by atoms with van der Waals surface area (Å²) in [6.45, 7) is 4.60. The lowest BCUT2D eigenvalue weighted by atomic mass is 9.74. The minimum atomic E-state index is 0.0209. The number of rotatable bonds is 1. The molecule has 4 heteroatoms. The first-order valence-corrected chi connectivity index (χ1v) is 6.92. The second-order valence-corrected chi connectivity index (χ2v) is 6.34. The van der Waals surface area contributed by atoms with Crippen LogP contribution in [0.15, 0.2) is 11.1 Å². The second kappa shape index (κ2) is 3.67. The van der Waals surface area contributed by atoms with Gasteiger partial charge in [0.1, 0.15) is 4.83 Å². The summed E-state index contributed by atoms with van der Waals surface area (Å²) in [6.07, 6.45) is 6.00. The van der Waals surface area contributed by atoms with Gasteiger partial charge in [-0.25, -0.2) is 4.98 Å². The Morgan fingerprint density at radius 1 is 1.59 bits per heavy atom. The van der Waals surface area contributed by atoms with Crippen LogP contribution in [0.1, 0.15) is 37.1 Å². The third-order valence-electron chi connectivity index (χ3n) is 4.10. The van der Waals surface area contributed by atoms with Gasteiger partial charge in [0.05, 0.1) is 11.7 Å². The molecule has 1 aliphatic rings. The van der Waals surface area contributed by atoms with Crippen LogP contribution in [0, 0.1) is 5.41 Å². The van der Waals surface area contributed by atoms with Crippen LogP contribution in [0.2, 0.25) is 0 Å². The van der Waals surface area contributed by atoms with Crippen molar-refractivity contribution < 1.29 is 0 Å². The SMILES string of the molecule is CC[C@]1(C)CCc2c(sc3nc[nH]c(=O)c23)C1. The first-order chi connectivity index (χ1) is 8.13. The van der Waals surface area contributed by atoms with Crippen molar-refractivity contribution in [2.24, 2.45) is 5.41 Å². The molecule has 2 aromatic rings. The molecule has 0 unspecified atom stereocenters. The minimum Gasteiger partial charge on any atom is -0.313 e. The second-order valence-electron chi connectivity index (χ2n) is 5.26. The van der Waals surface area contributed by atoms with Crippen molar-refractivity contribution in [1.82, 2.24) is 9.97 Å². The van der Waals surface area contributed by atoms with Crippen LogP contribution < -0.4 is 5.56 Å². The number of hydrogen-bond acceptors (Lipinski definition) is 3. The summed E-state index contributed by atoms with van der Waals surface area (Å²) in [5, 5.41) is 0.839. The van der Waals surface area contributed by atoms with Crippen LogP contribution in [-0.4, -0.2) is 9.97 Å². The Morgan fingerprint density at radius 3 is 3.18 bits per heavy atom. The van der Waals surface area contributed by atoms with Crippen molar-refractivity contribution in [2.75, 3.05) is 0 Å². The first kappa shape index (κ1) is 11.0. The van der Waals surface area contributed by atoms with Crippen molar-refractivity contribution >= 4 is 21.6 Å². The molecule has 0 spiro atoms. The van der Waals surface area contributed by atoms with Crippen molar-refractivity contribution in [3.63, 3.8) is 0 Å². The number of thiophene rings is 1. The molecule has 3 nitrogen and oxygen atoms in total. The van der Waals surface area contributed by atoms with E-state index in [1.54, 1.807) is 11.3 Å². The highest BCUT2D eigenvalue weighted by molar-refractivity contribution is 7.18. The smallest absolute Gasteiger partial charge is 0.259 e. The highest BCUT2D eigenvalue weighted by Gasteiger charge is 2.31. The van der Waals surface area contributed by atoms with E-state index in [0.29, 0.717) is 5.41 Å². The van der Waals surface area contributed by atoms with Crippen LogP contribution in [0.3, 0.4) is 0 Å². The van der Waals surface area contributed by atoms with Crippen LogP contribution in [-0.2, 0) is 12.8 Å². The van der Waals surface area contributed by atoms with Gasteiger partial charge in [-0.2, -0.15) is 0 Å². The highest BCUT2D eigenvalue weighted by Crippen LogP contribution is 2.42. The van der Waals surface area contributed by atoms with E-state index in [0.717, 1.165) is 23.1 Å². The Morgan fingerprint density at radius 2 is 2.41 bits per heavy atom.